The van der Waals surface area contributed by atoms with Gasteiger partial charge in [-0.05, 0) is 130 Å². The lowest BCUT2D eigenvalue weighted by atomic mass is 9.47. The molecule has 0 radical (unpaired) electrons. The molecule has 0 aromatic carbocycles. The predicted octanol–water partition coefficient (Wildman–Crippen LogP) is 12.0. The molecule has 3 fully saturated rings. The Hall–Kier alpha value is -1.03. The Kier molecular flexibility index (Phi) is 15.5. The van der Waals surface area contributed by atoms with Gasteiger partial charge < -0.3 is 15.0 Å². The quantitative estimate of drug-likeness (QED) is 0.105. The Morgan fingerprint density at radius 1 is 0.851 bits per heavy atom. The zero-order valence-electron chi connectivity index (χ0n) is 32.4. The van der Waals surface area contributed by atoms with E-state index >= 15 is 0 Å². The molecule has 0 bridgehead atoms. The van der Waals surface area contributed by atoms with Crippen LogP contribution in [-0.4, -0.2) is 43.3 Å². The first-order valence-electron chi connectivity index (χ1n) is 21.0. The number of hydrogen-bond donors (Lipinski definition) is 1. The van der Waals surface area contributed by atoms with Crippen molar-refractivity contribution in [2.75, 3.05) is 26.2 Å². The van der Waals surface area contributed by atoms with Crippen LogP contribution in [0.25, 0.3) is 0 Å². The van der Waals surface area contributed by atoms with Crippen LogP contribution < -0.4 is 5.32 Å². The zero-order valence-corrected chi connectivity index (χ0v) is 32.4. The van der Waals surface area contributed by atoms with Crippen LogP contribution in [0, 0.1) is 46.3 Å². The normalized spacial score (nSPS) is 32.4. The fourth-order valence-corrected chi connectivity index (χ4v) is 11.3. The number of hydrogen-bond acceptors (Lipinski definition) is 3. The van der Waals surface area contributed by atoms with Gasteiger partial charge in [0.25, 0.3) is 0 Å². The first kappa shape index (κ1) is 38.8. The van der Waals surface area contributed by atoms with E-state index in [0.717, 1.165) is 61.3 Å². The molecule has 0 saturated heterocycles. The number of carbonyl (C=O) groups excluding carboxylic acids is 1. The zero-order chi connectivity index (χ0) is 33.9. The van der Waals surface area contributed by atoms with Gasteiger partial charge in [0, 0.05) is 13.0 Å². The van der Waals surface area contributed by atoms with Gasteiger partial charge in [0.05, 0.1) is 0 Å². The summed E-state index contributed by atoms with van der Waals surface area (Å²) in [7, 11) is 0. The maximum atomic E-state index is 12.9. The number of nitrogens with zero attached hydrogens (tertiary/aromatic N) is 1. The highest BCUT2D eigenvalue weighted by Crippen LogP contribution is 2.67. The maximum absolute atomic E-state index is 12.9. The third-order valence-corrected chi connectivity index (χ3v) is 14.1. The second-order valence-electron chi connectivity index (χ2n) is 17.8. The second-order valence-corrected chi connectivity index (χ2v) is 17.8. The van der Waals surface area contributed by atoms with E-state index < -0.39 is 0 Å². The van der Waals surface area contributed by atoms with Crippen LogP contribution in [0.15, 0.2) is 11.6 Å². The highest BCUT2D eigenvalue weighted by Gasteiger charge is 2.59. The van der Waals surface area contributed by atoms with Gasteiger partial charge in [0.1, 0.15) is 6.10 Å². The Balaban J connectivity index is 1.22. The summed E-state index contributed by atoms with van der Waals surface area (Å²) in [6, 6.07) is 0. The van der Waals surface area contributed by atoms with Gasteiger partial charge in [0.15, 0.2) is 0 Å². The van der Waals surface area contributed by atoms with Crippen LogP contribution in [-0.2, 0) is 4.74 Å². The highest BCUT2D eigenvalue weighted by atomic mass is 16.6. The van der Waals surface area contributed by atoms with E-state index in [2.05, 4.69) is 64.8 Å². The number of unbranched alkanes of at least 4 members (excludes halogenated alkanes) is 6. The van der Waals surface area contributed by atoms with Crippen molar-refractivity contribution in [3.8, 4) is 0 Å². The molecule has 8 atom stereocenters. The van der Waals surface area contributed by atoms with E-state index in [9.17, 15) is 4.79 Å². The van der Waals surface area contributed by atoms with Crippen molar-refractivity contribution < 1.29 is 9.53 Å². The number of rotatable bonds is 20. The molecule has 3 saturated carbocycles. The Morgan fingerprint density at radius 2 is 1.55 bits per heavy atom. The summed E-state index contributed by atoms with van der Waals surface area (Å²) in [4.78, 5) is 15.5. The number of fused-ring (bicyclic) bond motifs is 5. The largest absolute Gasteiger partial charge is 0.446 e. The van der Waals surface area contributed by atoms with E-state index in [4.69, 9.17) is 4.74 Å². The van der Waals surface area contributed by atoms with Crippen LogP contribution in [0.4, 0.5) is 4.79 Å². The molecule has 1 amide bonds. The molecule has 4 nitrogen and oxygen atoms in total. The molecule has 0 aliphatic heterocycles. The predicted molar refractivity (Wildman–Crippen MR) is 201 cm³/mol. The van der Waals surface area contributed by atoms with Crippen molar-refractivity contribution in [1.82, 2.24) is 10.2 Å². The third kappa shape index (κ3) is 10.3. The third-order valence-electron chi connectivity index (χ3n) is 14.1. The average Bonchev–Trinajstić information content (AvgIpc) is 3.40. The summed E-state index contributed by atoms with van der Waals surface area (Å²) in [5.74, 6) is 5.19. The second kappa shape index (κ2) is 18.8. The number of ether oxygens (including phenoxy) is 1. The van der Waals surface area contributed by atoms with Crippen molar-refractivity contribution in [3.05, 3.63) is 11.6 Å². The lowest BCUT2D eigenvalue weighted by molar-refractivity contribution is -0.0581. The number of allylic oxidation sites excluding steroid dienone is 1. The van der Waals surface area contributed by atoms with Gasteiger partial charge in [-0.2, -0.15) is 0 Å². The van der Waals surface area contributed by atoms with E-state index in [-0.39, 0.29) is 12.2 Å². The Labute approximate surface area is 292 Å². The summed E-state index contributed by atoms with van der Waals surface area (Å²) in [5.41, 5.74) is 2.46. The summed E-state index contributed by atoms with van der Waals surface area (Å²) < 4.78 is 6.08. The van der Waals surface area contributed by atoms with Crippen LogP contribution in [0.2, 0.25) is 0 Å². The van der Waals surface area contributed by atoms with Gasteiger partial charge in [-0.1, -0.05) is 118 Å². The van der Waals surface area contributed by atoms with Gasteiger partial charge >= 0.3 is 6.09 Å². The number of nitrogens with one attached hydrogen (secondary N) is 1. The number of amides is 1. The smallest absolute Gasteiger partial charge is 0.407 e. The lowest BCUT2D eigenvalue weighted by Crippen LogP contribution is -2.51. The molecule has 4 aliphatic rings. The molecule has 0 unspecified atom stereocenters. The summed E-state index contributed by atoms with van der Waals surface area (Å²) >= 11 is 0. The van der Waals surface area contributed by atoms with E-state index in [0.29, 0.717) is 17.4 Å². The maximum Gasteiger partial charge on any atom is 0.407 e. The SMILES string of the molecule is CCCCCCN(CCCCCC)CCCNC(=O)O[C@H]1CC[C@@]2(C)C(=CC[C@H]3[C@@H]4CC[C@H]([C@H](C)CCCC(C)C)[C@@]4(C)CC[C@@H]32)C1. The molecular formula is C43H78N2O2. The Bertz CT molecular complexity index is 949. The monoisotopic (exact) mass is 655 g/mol. The van der Waals surface area contributed by atoms with Crippen molar-refractivity contribution in [3.63, 3.8) is 0 Å². The molecule has 0 aromatic heterocycles. The molecule has 1 N–H and O–H groups in total. The summed E-state index contributed by atoms with van der Waals surface area (Å²) in [6.07, 6.45) is 28.4. The van der Waals surface area contributed by atoms with Crippen LogP contribution >= 0.6 is 0 Å². The highest BCUT2D eigenvalue weighted by molar-refractivity contribution is 5.67. The fourth-order valence-electron chi connectivity index (χ4n) is 11.3. The van der Waals surface area contributed by atoms with Gasteiger partial charge in [0.2, 0.25) is 0 Å². The molecule has 272 valence electrons. The van der Waals surface area contributed by atoms with Crippen LogP contribution in [0.1, 0.15) is 177 Å². The lowest BCUT2D eigenvalue weighted by Gasteiger charge is -2.58. The van der Waals surface area contributed by atoms with E-state index in [1.807, 2.05) is 0 Å². The standard InChI is InChI=1S/C43H78N2O2/c1-8-10-12-14-29-45(30-15-13-11-9-2)31-17-28-44-41(46)47-36-24-26-42(6)35(32-36)20-21-37-39-23-22-38(34(5)19-16-18-33(3)4)43(39,7)27-25-40(37)42/h20,33-34,36-40H,8-19,21-32H2,1-7H3,(H,44,46)/t34-,36+,37+,38-,39+,40+,42+,43-/m1/s1. The molecule has 4 rings (SSSR count). The van der Waals surface area contributed by atoms with Crippen molar-refractivity contribution in [1.29, 1.82) is 0 Å². The van der Waals surface area contributed by atoms with Gasteiger partial charge in [-0.25, -0.2) is 4.79 Å². The summed E-state index contributed by atoms with van der Waals surface area (Å²) in [5, 5.41) is 3.12. The van der Waals surface area contributed by atoms with E-state index in [1.165, 1.54) is 122 Å². The van der Waals surface area contributed by atoms with Gasteiger partial charge in [-0.15, -0.1) is 0 Å². The molecule has 47 heavy (non-hydrogen) atoms. The van der Waals surface area contributed by atoms with Gasteiger partial charge in [-0.3, -0.25) is 0 Å². The minimum atomic E-state index is -0.196. The number of carbonyl (C=O) groups is 1. The van der Waals surface area contributed by atoms with Crippen LogP contribution in [0.3, 0.4) is 0 Å². The summed E-state index contributed by atoms with van der Waals surface area (Å²) in [6.45, 7) is 21.4. The molecule has 4 aliphatic carbocycles. The average molecular weight is 655 g/mol. The number of alkyl carbamates (subject to hydrolysis) is 1. The minimum absolute atomic E-state index is 0.0379. The Morgan fingerprint density at radius 3 is 2.23 bits per heavy atom. The topological polar surface area (TPSA) is 41.6 Å². The minimum Gasteiger partial charge on any atom is -0.446 e. The van der Waals surface area contributed by atoms with Crippen molar-refractivity contribution >= 4 is 6.09 Å². The van der Waals surface area contributed by atoms with E-state index in [1.54, 1.807) is 5.57 Å². The van der Waals surface area contributed by atoms with Crippen molar-refractivity contribution in [2.45, 2.75) is 183 Å². The van der Waals surface area contributed by atoms with Crippen LogP contribution in [0.5, 0.6) is 0 Å². The van der Waals surface area contributed by atoms with Crippen molar-refractivity contribution in [2.24, 2.45) is 46.3 Å². The molecule has 0 heterocycles. The molecule has 4 heteroatoms. The molecule has 0 spiro atoms. The molecule has 0 aromatic rings. The fraction of sp³-hybridized carbons (Fsp3) is 0.930. The first-order valence-corrected chi connectivity index (χ1v) is 21.0. The molecular weight excluding hydrogens is 576 g/mol. The first-order chi connectivity index (χ1) is 22.6.